The van der Waals surface area contributed by atoms with Crippen LogP contribution in [0, 0.1) is 0 Å². The van der Waals surface area contributed by atoms with Gasteiger partial charge in [-0.2, -0.15) is 0 Å². The van der Waals surface area contributed by atoms with Crippen LogP contribution in [-0.4, -0.2) is 23.7 Å². The summed E-state index contributed by atoms with van der Waals surface area (Å²) < 4.78 is 0. The van der Waals surface area contributed by atoms with Gasteiger partial charge in [-0.15, -0.1) is 0 Å². The van der Waals surface area contributed by atoms with Crippen molar-refractivity contribution in [2.45, 2.75) is 0 Å². The minimum atomic E-state index is 1.03. The van der Waals surface area contributed by atoms with E-state index in [-0.39, 0.29) is 0 Å². The molecule has 2 heterocycles. The molecule has 0 radical (unpaired) electrons. The second kappa shape index (κ2) is 1.95. The first kappa shape index (κ1) is 5.68. The van der Waals surface area contributed by atoms with Crippen LogP contribution in [0.25, 0.3) is 0 Å². The van der Waals surface area contributed by atoms with Crippen molar-refractivity contribution < 1.29 is 0 Å². The molecular formula is C7H9N3. The molecule has 1 fully saturated rings. The summed E-state index contributed by atoms with van der Waals surface area (Å²) in [6.45, 7) is 1.03. The predicted molar refractivity (Wildman–Crippen MR) is 39.3 cm³/mol. The van der Waals surface area contributed by atoms with E-state index in [0.29, 0.717) is 0 Å². The molecule has 0 saturated carbocycles. The lowest BCUT2D eigenvalue weighted by molar-refractivity contribution is 0.673. The van der Waals surface area contributed by atoms with Crippen LogP contribution in [0.2, 0.25) is 0 Å². The van der Waals surface area contributed by atoms with Crippen molar-refractivity contribution in [1.82, 2.24) is 9.99 Å². The van der Waals surface area contributed by atoms with E-state index in [0.717, 1.165) is 6.67 Å². The summed E-state index contributed by atoms with van der Waals surface area (Å²) in [5.74, 6) is 0. The van der Waals surface area contributed by atoms with Gasteiger partial charge < -0.3 is 0 Å². The number of hydrazine groups is 1. The van der Waals surface area contributed by atoms with Crippen LogP contribution in [0.5, 0.6) is 0 Å². The molecule has 1 atom stereocenters. The molecule has 1 aromatic rings. The zero-order valence-electron chi connectivity index (χ0n) is 5.86. The molecule has 1 unspecified atom stereocenters. The number of nitrogens with zero attached hydrogens (tertiary/aromatic N) is 3. The van der Waals surface area contributed by atoms with Crippen molar-refractivity contribution in [2.24, 2.45) is 0 Å². The highest BCUT2D eigenvalue weighted by Gasteiger charge is 2.25. The number of hydrogen-bond donors (Lipinski definition) is 0. The van der Waals surface area contributed by atoms with E-state index in [1.54, 1.807) is 0 Å². The molecule has 2 rings (SSSR count). The third-order valence-electron chi connectivity index (χ3n) is 1.63. The first-order chi connectivity index (χ1) is 4.88. The molecule has 52 valence electrons. The average Bonchev–Trinajstić information content (AvgIpc) is 2.69. The lowest BCUT2D eigenvalue weighted by Gasteiger charge is -1.99. The molecule has 0 aromatic carbocycles. The van der Waals surface area contributed by atoms with E-state index in [1.165, 1.54) is 5.69 Å². The maximum atomic E-state index is 3.94. The summed E-state index contributed by atoms with van der Waals surface area (Å²) in [5.41, 5.74) is 1.22. The smallest absolute Gasteiger partial charge is 0.104 e. The molecule has 0 spiro atoms. The molecule has 0 aliphatic carbocycles. The third kappa shape index (κ3) is 0.844. The Morgan fingerprint density at radius 2 is 2.00 bits per heavy atom. The zero-order valence-corrected chi connectivity index (χ0v) is 5.86. The van der Waals surface area contributed by atoms with Crippen LogP contribution >= 0.6 is 0 Å². The second-order valence-corrected chi connectivity index (χ2v) is 2.40. The van der Waals surface area contributed by atoms with Crippen LogP contribution in [0.3, 0.4) is 0 Å². The first-order valence-corrected chi connectivity index (χ1v) is 3.26. The highest BCUT2D eigenvalue weighted by molar-refractivity contribution is 5.46. The summed E-state index contributed by atoms with van der Waals surface area (Å²) in [5, 5.41) is 4.30. The fraction of sp³-hybridized carbons (Fsp3) is 0.286. The van der Waals surface area contributed by atoms with Gasteiger partial charge in [0, 0.05) is 19.4 Å². The molecule has 1 aliphatic rings. The van der Waals surface area contributed by atoms with Gasteiger partial charge in [0.15, 0.2) is 0 Å². The standard InChI is InChI=1S/C7H9N3/c1-9-6-10(9)7-2-4-8-5-3-7/h2-5H,6H2,1H3. The molecule has 0 bridgehead atoms. The number of anilines is 1. The topological polar surface area (TPSA) is 18.9 Å². The molecule has 1 aromatic heterocycles. The summed E-state index contributed by atoms with van der Waals surface area (Å²) >= 11 is 0. The zero-order chi connectivity index (χ0) is 6.97. The summed E-state index contributed by atoms with van der Waals surface area (Å²) in [6.07, 6.45) is 3.61. The third-order valence-corrected chi connectivity index (χ3v) is 1.63. The van der Waals surface area contributed by atoms with Gasteiger partial charge in [0.05, 0.1) is 5.69 Å². The maximum absolute atomic E-state index is 3.94. The van der Waals surface area contributed by atoms with Crippen LogP contribution < -0.4 is 5.01 Å². The number of aromatic nitrogens is 1. The van der Waals surface area contributed by atoms with Crippen LogP contribution in [-0.2, 0) is 0 Å². The lowest BCUT2D eigenvalue weighted by Crippen LogP contribution is -1.98. The Morgan fingerprint density at radius 3 is 2.50 bits per heavy atom. The first-order valence-electron chi connectivity index (χ1n) is 3.26. The summed E-state index contributed by atoms with van der Waals surface area (Å²) in [7, 11) is 2.06. The van der Waals surface area contributed by atoms with Gasteiger partial charge in [-0.1, -0.05) is 0 Å². The Morgan fingerprint density at radius 1 is 1.40 bits per heavy atom. The van der Waals surface area contributed by atoms with E-state index in [9.17, 15) is 0 Å². The largest absolute Gasteiger partial charge is 0.288 e. The van der Waals surface area contributed by atoms with Gasteiger partial charge in [0.2, 0.25) is 0 Å². The van der Waals surface area contributed by atoms with E-state index >= 15 is 0 Å². The predicted octanol–water partition coefficient (Wildman–Crippen LogP) is 0.706. The Balaban J connectivity index is 2.20. The van der Waals surface area contributed by atoms with Crippen molar-refractivity contribution in [3.05, 3.63) is 24.5 Å². The fourth-order valence-corrected chi connectivity index (χ4v) is 0.960. The number of pyridine rings is 1. The van der Waals surface area contributed by atoms with E-state index < -0.39 is 0 Å². The quantitative estimate of drug-likeness (QED) is 0.528. The van der Waals surface area contributed by atoms with Crippen LogP contribution in [0.15, 0.2) is 24.5 Å². The minimum absolute atomic E-state index is 1.03. The van der Waals surface area contributed by atoms with Crippen molar-refractivity contribution in [2.75, 3.05) is 18.7 Å². The number of rotatable bonds is 1. The lowest BCUT2D eigenvalue weighted by atomic mass is 10.4. The van der Waals surface area contributed by atoms with E-state index in [4.69, 9.17) is 0 Å². The monoisotopic (exact) mass is 135 g/mol. The Bertz CT molecular complexity index is 222. The molecule has 1 aliphatic heterocycles. The summed E-state index contributed by atoms with van der Waals surface area (Å²) in [6, 6.07) is 4.01. The van der Waals surface area contributed by atoms with Crippen molar-refractivity contribution >= 4 is 5.69 Å². The van der Waals surface area contributed by atoms with Gasteiger partial charge in [0.25, 0.3) is 0 Å². The van der Waals surface area contributed by atoms with E-state index in [1.807, 2.05) is 24.5 Å². The van der Waals surface area contributed by atoms with Crippen LogP contribution in [0.1, 0.15) is 0 Å². The molecule has 1 saturated heterocycles. The fourth-order valence-electron chi connectivity index (χ4n) is 0.960. The van der Waals surface area contributed by atoms with Gasteiger partial charge in [-0.3, -0.25) is 9.99 Å². The number of hydrogen-bond acceptors (Lipinski definition) is 3. The molecule has 10 heavy (non-hydrogen) atoms. The van der Waals surface area contributed by atoms with Gasteiger partial charge in [0.1, 0.15) is 6.67 Å². The normalized spacial score (nSPS) is 22.9. The molecule has 3 heteroatoms. The SMILES string of the molecule is CN1CN1c1ccncc1. The van der Waals surface area contributed by atoms with Gasteiger partial charge in [-0.25, -0.2) is 5.01 Å². The molecule has 0 N–H and O–H groups in total. The van der Waals surface area contributed by atoms with Gasteiger partial charge in [-0.05, 0) is 12.1 Å². The Labute approximate surface area is 59.9 Å². The summed E-state index contributed by atoms with van der Waals surface area (Å²) in [4.78, 5) is 3.94. The van der Waals surface area contributed by atoms with Crippen molar-refractivity contribution in [3.8, 4) is 0 Å². The highest BCUT2D eigenvalue weighted by atomic mass is 15.8. The molecular weight excluding hydrogens is 126 g/mol. The maximum Gasteiger partial charge on any atom is 0.104 e. The minimum Gasteiger partial charge on any atom is -0.288 e. The van der Waals surface area contributed by atoms with Crippen molar-refractivity contribution in [1.29, 1.82) is 0 Å². The molecule has 0 amide bonds. The molecule has 3 nitrogen and oxygen atoms in total. The second-order valence-electron chi connectivity index (χ2n) is 2.40. The Hall–Kier alpha value is -1.09. The Kier molecular flexibility index (Phi) is 1.11. The van der Waals surface area contributed by atoms with E-state index in [2.05, 4.69) is 22.0 Å². The average molecular weight is 135 g/mol. The highest BCUT2D eigenvalue weighted by Crippen LogP contribution is 2.22. The van der Waals surface area contributed by atoms with Crippen LogP contribution in [0.4, 0.5) is 5.69 Å². The van der Waals surface area contributed by atoms with Crippen molar-refractivity contribution in [3.63, 3.8) is 0 Å². The van der Waals surface area contributed by atoms with Gasteiger partial charge >= 0.3 is 0 Å².